The van der Waals surface area contributed by atoms with Gasteiger partial charge in [-0.25, -0.2) is 4.79 Å². The van der Waals surface area contributed by atoms with Gasteiger partial charge >= 0.3 is 6.09 Å². The van der Waals surface area contributed by atoms with E-state index < -0.39 is 6.09 Å². The smallest absolute Gasteiger partial charge is 0.408 e. The quantitative estimate of drug-likeness (QED) is 0.839. The second-order valence-corrected chi connectivity index (χ2v) is 4.51. The van der Waals surface area contributed by atoms with Crippen LogP contribution in [0.4, 0.5) is 4.79 Å². The van der Waals surface area contributed by atoms with Crippen LogP contribution in [0.2, 0.25) is 0 Å². The molecule has 100 valence electrons. The van der Waals surface area contributed by atoms with E-state index in [0.29, 0.717) is 12.3 Å². The molecule has 0 saturated heterocycles. The van der Waals surface area contributed by atoms with Crippen molar-refractivity contribution in [3.8, 4) is 5.75 Å². The fraction of sp³-hybridized carbons (Fsp3) is 0.538. The second-order valence-electron chi connectivity index (χ2n) is 4.51. The van der Waals surface area contributed by atoms with Gasteiger partial charge in [-0.3, -0.25) is 4.98 Å². The van der Waals surface area contributed by atoms with Crippen molar-refractivity contribution in [3.05, 3.63) is 23.5 Å². The van der Waals surface area contributed by atoms with Gasteiger partial charge in [0.2, 0.25) is 0 Å². The highest BCUT2D eigenvalue weighted by Crippen LogP contribution is 2.24. The molecule has 0 fully saturated rings. The summed E-state index contributed by atoms with van der Waals surface area (Å²) in [5.74, 6) is 0.521. The van der Waals surface area contributed by atoms with Gasteiger partial charge in [0.25, 0.3) is 0 Å². The Kier molecular flexibility index (Phi) is 5.58. The molecule has 1 aromatic rings. The summed E-state index contributed by atoms with van der Waals surface area (Å²) in [5, 5.41) is 0. The Morgan fingerprint density at radius 2 is 2.22 bits per heavy atom. The Balaban J connectivity index is 3.03. The minimum atomic E-state index is -0.791. The fourth-order valence-electron chi connectivity index (χ4n) is 1.75. The summed E-state index contributed by atoms with van der Waals surface area (Å²) in [5.41, 5.74) is 6.85. The SMILES string of the molecule is CCCCc1nccc(CN(C)C)c1OC(N)=O. The fourth-order valence-corrected chi connectivity index (χ4v) is 1.75. The van der Waals surface area contributed by atoms with Crippen LogP contribution in [0.5, 0.6) is 5.75 Å². The van der Waals surface area contributed by atoms with Gasteiger partial charge in [-0.15, -0.1) is 0 Å². The number of aromatic nitrogens is 1. The first-order chi connectivity index (χ1) is 8.54. The van der Waals surface area contributed by atoms with Crippen LogP contribution in [-0.4, -0.2) is 30.1 Å². The molecule has 0 aromatic carbocycles. The predicted molar refractivity (Wildman–Crippen MR) is 70.5 cm³/mol. The van der Waals surface area contributed by atoms with Crippen LogP contribution in [0.15, 0.2) is 12.3 Å². The average molecular weight is 251 g/mol. The van der Waals surface area contributed by atoms with E-state index in [-0.39, 0.29) is 0 Å². The molecule has 18 heavy (non-hydrogen) atoms. The number of amides is 1. The molecule has 1 aromatic heterocycles. The number of primary amides is 1. The van der Waals surface area contributed by atoms with E-state index in [4.69, 9.17) is 10.5 Å². The number of nitrogens with two attached hydrogens (primary N) is 1. The first-order valence-electron chi connectivity index (χ1n) is 6.13. The Labute approximate surface area is 108 Å². The standard InChI is InChI=1S/C13H21N3O2/c1-4-5-6-11-12(18-13(14)17)10(7-8-15-11)9-16(2)3/h7-8H,4-6,9H2,1-3H3,(H2,14,17). The number of ether oxygens (including phenoxy) is 1. The van der Waals surface area contributed by atoms with E-state index in [9.17, 15) is 4.79 Å². The number of pyridine rings is 1. The monoisotopic (exact) mass is 251 g/mol. The van der Waals surface area contributed by atoms with Crippen LogP contribution in [0.25, 0.3) is 0 Å². The molecular formula is C13H21N3O2. The molecule has 0 unspecified atom stereocenters. The number of hydrogen-bond acceptors (Lipinski definition) is 4. The van der Waals surface area contributed by atoms with Gasteiger partial charge in [0.1, 0.15) is 0 Å². The normalized spacial score (nSPS) is 10.7. The van der Waals surface area contributed by atoms with Gasteiger partial charge in [0.15, 0.2) is 5.75 Å². The van der Waals surface area contributed by atoms with Crippen LogP contribution in [0, 0.1) is 0 Å². The van der Waals surface area contributed by atoms with E-state index in [0.717, 1.165) is 30.5 Å². The van der Waals surface area contributed by atoms with E-state index >= 15 is 0 Å². The van der Waals surface area contributed by atoms with E-state index in [1.807, 2.05) is 25.1 Å². The summed E-state index contributed by atoms with van der Waals surface area (Å²) in [6, 6.07) is 1.85. The molecule has 0 atom stereocenters. The van der Waals surface area contributed by atoms with Crippen molar-refractivity contribution in [3.63, 3.8) is 0 Å². The third-order valence-corrected chi connectivity index (χ3v) is 2.52. The average Bonchev–Trinajstić information content (AvgIpc) is 2.28. The Hall–Kier alpha value is -1.62. The largest absolute Gasteiger partial charge is 0.410 e. The van der Waals surface area contributed by atoms with Gasteiger partial charge in [-0.05, 0) is 33.0 Å². The third kappa shape index (κ3) is 4.33. The number of aryl methyl sites for hydroxylation is 1. The number of nitrogens with zero attached hydrogens (tertiary/aromatic N) is 2. The van der Waals surface area contributed by atoms with E-state index in [2.05, 4.69) is 11.9 Å². The van der Waals surface area contributed by atoms with Crippen LogP contribution < -0.4 is 10.5 Å². The lowest BCUT2D eigenvalue weighted by Gasteiger charge is -2.15. The highest BCUT2D eigenvalue weighted by atomic mass is 16.5. The molecule has 5 heteroatoms. The van der Waals surface area contributed by atoms with Gasteiger partial charge in [0, 0.05) is 18.3 Å². The molecule has 0 saturated carbocycles. The van der Waals surface area contributed by atoms with Crippen molar-refractivity contribution < 1.29 is 9.53 Å². The number of hydrogen-bond donors (Lipinski definition) is 1. The molecule has 0 aliphatic carbocycles. The molecule has 0 aliphatic rings. The number of carbonyl (C=O) groups is 1. The van der Waals surface area contributed by atoms with Gasteiger partial charge in [-0.1, -0.05) is 13.3 Å². The third-order valence-electron chi connectivity index (χ3n) is 2.52. The van der Waals surface area contributed by atoms with E-state index in [1.165, 1.54) is 0 Å². The van der Waals surface area contributed by atoms with Crippen molar-refractivity contribution in [1.29, 1.82) is 0 Å². The van der Waals surface area contributed by atoms with Gasteiger partial charge in [0.05, 0.1) is 5.69 Å². The van der Waals surface area contributed by atoms with Crippen LogP contribution >= 0.6 is 0 Å². The lowest BCUT2D eigenvalue weighted by atomic mass is 10.1. The molecule has 1 rings (SSSR count). The number of rotatable bonds is 6. The maximum Gasteiger partial charge on any atom is 0.410 e. The van der Waals surface area contributed by atoms with Crippen molar-refractivity contribution >= 4 is 6.09 Å². The Morgan fingerprint density at radius 3 is 2.78 bits per heavy atom. The van der Waals surface area contributed by atoms with Crippen molar-refractivity contribution in [1.82, 2.24) is 9.88 Å². The molecule has 0 radical (unpaired) electrons. The lowest BCUT2D eigenvalue weighted by Crippen LogP contribution is -2.20. The molecule has 2 N–H and O–H groups in total. The predicted octanol–water partition coefficient (Wildman–Crippen LogP) is 1.94. The highest BCUT2D eigenvalue weighted by Gasteiger charge is 2.14. The maximum absolute atomic E-state index is 11.0. The van der Waals surface area contributed by atoms with Crippen molar-refractivity contribution in [2.24, 2.45) is 5.73 Å². The molecule has 0 spiro atoms. The summed E-state index contributed by atoms with van der Waals surface area (Å²) in [7, 11) is 3.92. The van der Waals surface area contributed by atoms with Crippen LogP contribution in [0.1, 0.15) is 31.0 Å². The summed E-state index contributed by atoms with van der Waals surface area (Å²) in [6.07, 6.45) is 3.82. The zero-order chi connectivity index (χ0) is 13.5. The number of carbonyl (C=O) groups excluding carboxylic acids is 1. The lowest BCUT2D eigenvalue weighted by molar-refractivity contribution is 0.209. The van der Waals surface area contributed by atoms with Gasteiger partial charge < -0.3 is 15.4 Å². The first kappa shape index (κ1) is 14.4. The minimum Gasteiger partial charge on any atom is -0.408 e. The molecule has 0 aliphatic heterocycles. The summed E-state index contributed by atoms with van der Waals surface area (Å²) in [4.78, 5) is 17.3. The zero-order valence-electron chi connectivity index (χ0n) is 11.3. The Bertz CT molecular complexity index is 405. The molecule has 5 nitrogen and oxygen atoms in total. The highest BCUT2D eigenvalue weighted by molar-refractivity contribution is 5.69. The first-order valence-corrected chi connectivity index (χ1v) is 6.13. The molecule has 1 heterocycles. The minimum absolute atomic E-state index is 0.521. The number of unbranched alkanes of at least 4 members (excludes halogenated alkanes) is 1. The van der Waals surface area contributed by atoms with Crippen molar-refractivity contribution in [2.75, 3.05) is 14.1 Å². The summed E-state index contributed by atoms with van der Waals surface area (Å²) in [6.45, 7) is 2.79. The second kappa shape index (κ2) is 6.96. The van der Waals surface area contributed by atoms with E-state index in [1.54, 1.807) is 6.20 Å². The maximum atomic E-state index is 11.0. The summed E-state index contributed by atoms with van der Waals surface area (Å²) >= 11 is 0. The zero-order valence-corrected chi connectivity index (χ0v) is 11.3. The van der Waals surface area contributed by atoms with Crippen molar-refractivity contribution in [2.45, 2.75) is 32.7 Å². The molecule has 0 bridgehead atoms. The Morgan fingerprint density at radius 1 is 1.50 bits per heavy atom. The van der Waals surface area contributed by atoms with Gasteiger partial charge in [-0.2, -0.15) is 0 Å². The van der Waals surface area contributed by atoms with Crippen LogP contribution in [-0.2, 0) is 13.0 Å². The molecule has 1 amide bonds. The molecular weight excluding hydrogens is 230 g/mol. The topological polar surface area (TPSA) is 68.5 Å². The van der Waals surface area contributed by atoms with Crippen LogP contribution in [0.3, 0.4) is 0 Å². The summed E-state index contributed by atoms with van der Waals surface area (Å²) < 4.78 is 5.12.